The van der Waals surface area contributed by atoms with E-state index >= 15 is 0 Å². The van der Waals surface area contributed by atoms with Gasteiger partial charge in [0.2, 0.25) is 0 Å². The largest absolute Gasteiger partial charge is 0.507 e. The molecule has 0 atom stereocenters. The van der Waals surface area contributed by atoms with Gasteiger partial charge in [0.05, 0.1) is 31.9 Å². The van der Waals surface area contributed by atoms with Crippen LogP contribution in [0.4, 0.5) is 0 Å². The molecule has 5 heteroatoms. The molecular weight excluding hydrogens is 974 g/mol. The topological polar surface area (TPSA) is 50.9 Å². The van der Waals surface area contributed by atoms with E-state index in [9.17, 15) is 6.48 Å². The minimum atomic E-state index is -4.25. The summed E-state index contributed by atoms with van der Waals surface area (Å²) in [4.78, 5) is 9.42. The Hall–Kier alpha value is -5.57. The molecule has 0 saturated carbocycles. The van der Waals surface area contributed by atoms with E-state index in [4.69, 9.17) is 42.0 Å². The summed E-state index contributed by atoms with van der Waals surface area (Å²) in [5.74, 6) is -2.07. The number of aromatic nitrogens is 3. The Morgan fingerprint density at radius 2 is 1.35 bits per heavy atom. The van der Waals surface area contributed by atoms with Crippen molar-refractivity contribution in [1.82, 2.24) is 14.5 Å². The first-order chi connectivity index (χ1) is 41.8. The first-order valence-electron chi connectivity index (χ1n) is 34.6. The molecule has 6 aromatic carbocycles. The van der Waals surface area contributed by atoms with Crippen molar-refractivity contribution in [2.75, 3.05) is 0 Å². The SMILES string of the molecule is [2H]c1nc(-c2[c-]c(-c3cccc4c3nc(-c3cc(C(C([2H])([2H])[2H])(C([2H])([2H])[2H])C([2H])([2H])[2H])cc(C(C([2H])([2H])[2H])(C([2H])([2H])[2H])C([2H])([2H])[2H])c3O)n4-c3ccc(C(C)(C)CC)cc3-c3ccccc3)cc(C(C)(C)C)c2)c([2H])c(-c2c([2H])c([2H])c(C([2H])([2H])[2H])c([2H])c2[2H])c1[2H].[Pt]. The van der Waals surface area contributed by atoms with Crippen molar-refractivity contribution in [3.05, 3.63) is 167 Å². The smallest absolute Gasteiger partial charge is 0.148 e. The van der Waals surface area contributed by atoms with E-state index in [0.717, 1.165) is 5.56 Å². The molecule has 8 aromatic rings. The van der Waals surface area contributed by atoms with Crippen LogP contribution >= 0.6 is 0 Å². The first kappa shape index (κ1) is 23.2. The monoisotopic (exact) mass is 1070 g/mol. The van der Waals surface area contributed by atoms with Crippen LogP contribution in [0.3, 0.4) is 0 Å². The molecule has 0 aliphatic rings. The van der Waals surface area contributed by atoms with Crippen molar-refractivity contribution >= 4 is 11.0 Å². The Kier molecular flexibility index (Phi) is 6.32. The zero-order valence-electron chi connectivity index (χ0n) is 64.5. The number of nitrogens with zero attached hydrogens (tertiary/aromatic N) is 3. The second kappa shape index (κ2) is 17.7. The molecule has 65 heavy (non-hydrogen) atoms. The fraction of sp³-hybridized carbons (Fsp3) is 0.300. The van der Waals surface area contributed by atoms with Gasteiger partial charge in [-0.25, -0.2) is 4.98 Å². The molecule has 0 bridgehead atoms. The molecule has 1 N–H and O–H groups in total. The molecule has 0 saturated heterocycles. The van der Waals surface area contributed by atoms with E-state index in [-0.39, 0.29) is 66.2 Å². The average Bonchev–Trinajstić information content (AvgIpc) is 1.21. The minimum absolute atomic E-state index is 0. The average molecular weight is 1070 g/mol. The summed E-state index contributed by atoms with van der Waals surface area (Å²) in [6, 6.07) is 20.7. The van der Waals surface area contributed by atoms with Crippen LogP contribution in [-0.2, 0) is 42.7 Å². The number of phenols is 1. The van der Waals surface area contributed by atoms with Crippen molar-refractivity contribution in [3.63, 3.8) is 0 Å². The zero-order valence-corrected chi connectivity index (χ0v) is 38.7. The molecular formula is C60H64N3OPt-. The van der Waals surface area contributed by atoms with Crippen LogP contribution in [0.5, 0.6) is 5.75 Å². The normalized spacial score (nSPS) is 20.0. The van der Waals surface area contributed by atoms with Crippen molar-refractivity contribution in [3.8, 4) is 67.5 Å². The molecule has 336 valence electrons. The molecule has 8 rings (SSSR count). The Balaban J connectivity index is 0.0000123. The van der Waals surface area contributed by atoms with Gasteiger partial charge in [0.1, 0.15) is 11.6 Å². The third-order valence-corrected chi connectivity index (χ3v) is 11.6. The quantitative estimate of drug-likeness (QED) is 0.154. The summed E-state index contributed by atoms with van der Waals surface area (Å²) in [6.07, 6.45) is -0.175. The summed E-state index contributed by atoms with van der Waals surface area (Å²) in [6.45, 7) is -16.8. The Morgan fingerprint density at radius 3 is 2.03 bits per heavy atom. The van der Waals surface area contributed by atoms with Gasteiger partial charge in [0, 0.05) is 72.8 Å². The molecule has 0 fully saturated rings. The summed E-state index contributed by atoms with van der Waals surface area (Å²) < 4.78 is 246. The van der Waals surface area contributed by atoms with Crippen molar-refractivity contribution < 1.29 is 64.6 Å². The van der Waals surface area contributed by atoms with Gasteiger partial charge in [-0.15, -0.1) is 29.3 Å². The van der Waals surface area contributed by atoms with Gasteiger partial charge in [0.15, 0.2) is 0 Å². The molecule has 2 aromatic heterocycles. The maximum Gasteiger partial charge on any atom is 0.148 e. The summed E-state index contributed by atoms with van der Waals surface area (Å²) in [7, 11) is 0. The molecule has 0 unspecified atom stereocenters. The van der Waals surface area contributed by atoms with Crippen LogP contribution in [0.25, 0.3) is 72.7 Å². The van der Waals surface area contributed by atoms with E-state index < -0.39 is 157 Å². The van der Waals surface area contributed by atoms with Gasteiger partial charge in [-0.3, -0.25) is 9.55 Å². The summed E-state index contributed by atoms with van der Waals surface area (Å²) in [5, 5.41) is 13.1. The summed E-state index contributed by atoms with van der Waals surface area (Å²) >= 11 is 0. The predicted molar refractivity (Wildman–Crippen MR) is 271 cm³/mol. The number of fused-ring (bicyclic) bond motifs is 1. The molecule has 0 spiro atoms. The Bertz CT molecular complexity index is 4120. The molecule has 0 aliphatic carbocycles. The number of hydrogen-bond donors (Lipinski definition) is 1. The van der Waals surface area contributed by atoms with Gasteiger partial charge >= 0.3 is 0 Å². The van der Waals surface area contributed by atoms with Crippen LogP contribution in [0.2, 0.25) is 0 Å². The van der Waals surface area contributed by atoms with Crippen LogP contribution in [0, 0.1) is 12.9 Å². The number of benzene rings is 6. The van der Waals surface area contributed by atoms with Gasteiger partial charge in [0.25, 0.3) is 0 Å². The molecule has 4 nitrogen and oxygen atoms in total. The number of imidazole rings is 1. The number of pyridine rings is 1. The van der Waals surface area contributed by atoms with Crippen molar-refractivity contribution in [2.24, 2.45) is 0 Å². The molecule has 0 radical (unpaired) electrons. The number of rotatable bonds is 8. The fourth-order valence-electron chi connectivity index (χ4n) is 7.54. The van der Waals surface area contributed by atoms with Crippen LogP contribution in [0.15, 0.2) is 133 Å². The van der Waals surface area contributed by atoms with Gasteiger partial charge in [-0.05, 0) is 93.1 Å². The summed E-state index contributed by atoms with van der Waals surface area (Å²) in [5.41, 5.74) is -13.5. The minimum Gasteiger partial charge on any atom is -0.507 e. The number of phenolic OH excluding ortho intramolecular Hbond substituents is 1. The number of aromatic hydroxyl groups is 1. The second-order valence-electron chi connectivity index (χ2n) is 17.6. The van der Waals surface area contributed by atoms with Gasteiger partial charge in [-0.1, -0.05) is 184 Å². The zero-order chi connectivity index (χ0) is 69.5. The van der Waals surface area contributed by atoms with E-state index in [1.807, 2.05) is 47.6 Å². The second-order valence-corrected chi connectivity index (χ2v) is 17.6. The molecule has 2 heterocycles. The van der Waals surface area contributed by atoms with Crippen LogP contribution in [-0.4, -0.2) is 19.6 Å². The van der Waals surface area contributed by atoms with Crippen molar-refractivity contribution in [2.45, 2.75) is 118 Å². The fourth-order valence-corrected chi connectivity index (χ4v) is 7.54. The maximum atomic E-state index is 13.1. The predicted octanol–water partition coefficient (Wildman–Crippen LogP) is 16.1. The van der Waals surface area contributed by atoms with E-state index in [1.54, 1.807) is 66.7 Å². The van der Waals surface area contributed by atoms with Gasteiger partial charge < -0.3 is 5.11 Å². The van der Waals surface area contributed by atoms with E-state index in [2.05, 4.69) is 11.1 Å². The van der Waals surface area contributed by atoms with Crippen LogP contribution in [0.1, 0.15) is 155 Å². The van der Waals surface area contributed by atoms with E-state index in [0.29, 0.717) is 29.2 Å². The third kappa shape index (κ3) is 9.43. The maximum absolute atomic E-state index is 13.1. The first-order valence-corrected chi connectivity index (χ1v) is 20.6. The number of hydrogen-bond acceptors (Lipinski definition) is 3. The third-order valence-electron chi connectivity index (χ3n) is 11.6. The Labute approximate surface area is 441 Å². The Morgan fingerprint density at radius 1 is 0.662 bits per heavy atom. The van der Waals surface area contributed by atoms with Gasteiger partial charge in [-0.2, -0.15) is 0 Å². The molecule has 0 amide bonds. The standard InChI is InChI=1S/C60H64N3O.Pt/c1-14-60(12,13)44-27-28-52(48(35-44)40-19-16-15-17-20-40)63-53-22-18-21-47(54(53)62-56(63)49-36-46(58(6,7)8)37-50(55(49)64)59(9,10)11)42-31-43(33-45(32-42)57(3,4)5)51-34-41(29-30-61-51)39-25-23-38(2)24-26-39;/h15-30,32-37,64H,14H2,1-13H3;/q-1;/i2D3,6D3,7D3,8D3,9D3,10D3,11D3,23D,24D,25D,26D,29D,30D,34D;. The van der Waals surface area contributed by atoms with Crippen LogP contribution < -0.4 is 0 Å². The van der Waals surface area contributed by atoms with Crippen molar-refractivity contribution in [1.29, 1.82) is 0 Å². The van der Waals surface area contributed by atoms with E-state index in [1.165, 1.54) is 10.6 Å². The number of para-hydroxylation sites is 1. The molecule has 0 aliphatic heterocycles.